The van der Waals surface area contributed by atoms with Gasteiger partial charge in [-0.1, -0.05) is 54.6 Å². The number of fused-ring (bicyclic) bond motifs is 1. The Kier molecular flexibility index (Phi) is 4.89. The highest BCUT2D eigenvalue weighted by atomic mass is 16.5. The van der Waals surface area contributed by atoms with Crippen LogP contribution in [0.3, 0.4) is 0 Å². The van der Waals surface area contributed by atoms with Gasteiger partial charge in [-0.3, -0.25) is 4.90 Å². The second-order valence-corrected chi connectivity index (χ2v) is 5.81. The lowest BCUT2D eigenvalue weighted by Crippen LogP contribution is -2.29. The Hall–Kier alpha value is -2.39. The zero-order valence-corrected chi connectivity index (χ0v) is 13.4. The second-order valence-electron chi connectivity index (χ2n) is 5.81. The van der Waals surface area contributed by atoms with Gasteiger partial charge in [0, 0.05) is 19.6 Å². The SMILES string of the molecule is COC(=O)C1=Cc2ccccc2CN(CCc2ccccc2)C1. The minimum atomic E-state index is -0.244. The Morgan fingerprint density at radius 3 is 2.57 bits per heavy atom. The average Bonchev–Trinajstić information content (AvgIpc) is 2.79. The molecule has 0 N–H and O–H groups in total. The van der Waals surface area contributed by atoms with Crippen molar-refractivity contribution in [2.45, 2.75) is 13.0 Å². The summed E-state index contributed by atoms with van der Waals surface area (Å²) >= 11 is 0. The molecule has 0 radical (unpaired) electrons. The molecule has 118 valence electrons. The summed E-state index contributed by atoms with van der Waals surface area (Å²) in [5.41, 5.74) is 4.38. The topological polar surface area (TPSA) is 29.5 Å². The maximum atomic E-state index is 12.0. The van der Waals surface area contributed by atoms with Crippen LogP contribution in [0.15, 0.2) is 60.2 Å². The number of benzene rings is 2. The monoisotopic (exact) mass is 307 g/mol. The summed E-state index contributed by atoms with van der Waals surface area (Å²) in [6.07, 6.45) is 2.93. The van der Waals surface area contributed by atoms with Crippen molar-refractivity contribution in [1.29, 1.82) is 0 Å². The summed E-state index contributed by atoms with van der Waals surface area (Å²) in [5, 5.41) is 0. The van der Waals surface area contributed by atoms with E-state index in [9.17, 15) is 4.79 Å². The van der Waals surface area contributed by atoms with Crippen molar-refractivity contribution in [3.05, 3.63) is 76.9 Å². The van der Waals surface area contributed by atoms with Crippen LogP contribution in [0.4, 0.5) is 0 Å². The summed E-state index contributed by atoms with van der Waals surface area (Å²) in [6, 6.07) is 18.7. The summed E-state index contributed by atoms with van der Waals surface area (Å²) < 4.78 is 4.94. The molecule has 0 unspecified atom stereocenters. The first-order valence-corrected chi connectivity index (χ1v) is 7.89. The van der Waals surface area contributed by atoms with E-state index in [2.05, 4.69) is 41.3 Å². The third-order valence-corrected chi connectivity index (χ3v) is 4.18. The molecule has 0 aromatic heterocycles. The first kappa shape index (κ1) is 15.5. The van der Waals surface area contributed by atoms with Gasteiger partial charge in [0.2, 0.25) is 0 Å². The molecule has 23 heavy (non-hydrogen) atoms. The first-order valence-electron chi connectivity index (χ1n) is 7.89. The highest BCUT2D eigenvalue weighted by molar-refractivity contribution is 5.94. The number of hydrogen-bond donors (Lipinski definition) is 0. The fraction of sp³-hybridized carbons (Fsp3) is 0.250. The van der Waals surface area contributed by atoms with E-state index < -0.39 is 0 Å². The molecule has 3 heteroatoms. The lowest BCUT2D eigenvalue weighted by molar-refractivity contribution is -0.136. The van der Waals surface area contributed by atoms with Gasteiger partial charge in [-0.05, 0) is 29.2 Å². The van der Waals surface area contributed by atoms with E-state index in [1.165, 1.54) is 18.2 Å². The molecule has 1 aliphatic rings. The molecule has 0 amide bonds. The van der Waals surface area contributed by atoms with Crippen LogP contribution in [0, 0.1) is 0 Å². The highest BCUT2D eigenvalue weighted by Gasteiger charge is 2.20. The Labute approximate surface area is 137 Å². The van der Waals surface area contributed by atoms with E-state index in [-0.39, 0.29) is 5.97 Å². The Morgan fingerprint density at radius 2 is 1.78 bits per heavy atom. The van der Waals surface area contributed by atoms with Crippen molar-refractivity contribution in [2.75, 3.05) is 20.2 Å². The predicted octanol–water partition coefficient (Wildman–Crippen LogP) is 3.30. The van der Waals surface area contributed by atoms with Crippen LogP contribution < -0.4 is 0 Å². The van der Waals surface area contributed by atoms with Gasteiger partial charge in [-0.25, -0.2) is 4.79 Å². The fourth-order valence-corrected chi connectivity index (χ4v) is 2.93. The van der Waals surface area contributed by atoms with Gasteiger partial charge in [0.1, 0.15) is 0 Å². The normalized spacial score (nSPS) is 14.6. The van der Waals surface area contributed by atoms with Gasteiger partial charge >= 0.3 is 5.97 Å². The van der Waals surface area contributed by atoms with E-state index in [1.807, 2.05) is 24.3 Å². The second kappa shape index (κ2) is 7.25. The minimum absolute atomic E-state index is 0.244. The van der Waals surface area contributed by atoms with E-state index in [1.54, 1.807) is 0 Å². The quantitative estimate of drug-likeness (QED) is 0.812. The zero-order valence-electron chi connectivity index (χ0n) is 13.4. The maximum absolute atomic E-state index is 12.0. The number of hydrogen-bond acceptors (Lipinski definition) is 3. The molecule has 3 rings (SSSR count). The fourth-order valence-electron chi connectivity index (χ4n) is 2.93. The van der Waals surface area contributed by atoms with Crippen molar-refractivity contribution in [3.63, 3.8) is 0 Å². The van der Waals surface area contributed by atoms with E-state index in [4.69, 9.17) is 4.74 Å². The van der Waals surface area contributed by atoms with Gasteiger partial charge in [0.15, 0.2) is 0 Å². The summed E-state index contributed by atoms with van der Waals surface area (Å²) in [4.78, 5) is 14.3. The molecule has 0 atom stereocenters. The van der Waals surface area contributed by atoms with Gasteiger partial charge < -0.3 is 4.74 Å². The molecule has 0 aliphatic carbocycles. The Bertz CT molecular complexity index is 707. The van der Waals surface area contributed by atoms with Gasteiger partial charge in [0.05, 0.1) is 12.7 Å². The molecule has 2 aromatic carbocycles. The molecule has 0 spiro atoms. The van der Waals surface area contributed by atoms with Crippen molar-refractivity contribution in [2.24, 2.45) is 0 Å². The van der Waals surface area contributed by atoms with Crippen LogP contribution >= 0.6 is 0 Å². The third-order valence-electron chi connectivity index (χ3n) is 4.18. The average molecular weight is 307 g/mol. The zero-order chi connectivity index (χ0) is 16.1. The lowest BCUT2D eigenvalue weighted by atomic mass is 10.1. The molecular weight excluding hydrogens is 286 g/mol. The Balaban J connectivity index is 1.79. The van der Waals surface area contributed by atoms with Crippen LogP contribution in [0.1, 0.15) is 16.7 Å². The predicted molar refractivity (Wildman–Crippen MR) is 91.9 cm³/mol. The van der Waals surface area contributed by atoms with Crippen molar-refractivity contribution >= 4 is 12.0 Å². The number of carbonyl (C=O) groups is 1. The molecule has 0 saturated heterocycles. The van der Waals surface area contributed by atoms with Crippen molar-refractivity contribution < 1.29 is 9.53 Å². The molecule has 1 aliphatic heterocycles. The molecule has 0 fully saturated rings. The summed E-state index contributed by atoms with van der Waals surface area (Å²) in [5.74, 6) is -0.244. The number of rotatable bonds is 4. The van der Waals surface area contributed by atoms with Crippen molar-refractivity contribution in [3.8, 4) is 0 Å². The number of carbonyl (C=O) groups excluding carboxylic acids is 1. The number of ether oxygens (including phenoxy) is 1. The largest absolute Gasteiger partial charge is 0.466 e. The summed E-state index contributed by atoms with van der Waals surface area (Å²) in [6.45, 7) is 2.38. The summed E-state index contributed by atoms with van der Waals surface area (Å²) in [7, 11) is 1.44. The smallest absolute Gasteiger partial charge is 0.335 e. The number of nitrogens with zero attached hydrogens (tertiary/aromatic N) is 1. The number of esters is 1. The highest BCUT2D eigenvalue weighted by Crippen LogP contribution is 2.21. The van der Waals surface area contributed by atoms with Gasteiger partial charge in [0.25, 0.3) is 0 Å². The third kappa shape index (κ3) is 3.88. The van der Waals surface area contributed by atoms with E-state index in [0.29, 0.717) is 12.1 Å². The van der Waals surface area contributed by atoms with E-state index in [0.717, 1.165) is 25.1 Å². The van der Waals surface area contributed by atoms with Crippen LogP contribution in [0.5, 0.6) is 0 Å². The molecule has 2 aromatic rings. The molecule has 0 bridgehead atoms. The Morgan fingerprint density at radius 1 is 1.04 bits per heavy atom. The molecule has 1 heterocycles. The van der Waals surface area contributed by atoms with Crippen molar-refractivity contribution in [1.82, 2.24) is 4.90 Å². The van der Waals surface area contributed by atoms with Crippen LogP contribution in [0.25, 0.3) is 6.08 Å². The van der Waals surface area contributed by atoms with E-state index >= 15 is 0 Å². The number of methoxy groups -OCH3 is 1. The lowest BCUT2D eigenvalue weighted by Gasteiger charge is -2.21. The minimum Gasteiger partial charge on any atom is -0.466 e. The molecular formula is C20H21NO2. The standard InChI is InChI=1S/C20H21NO2/c1-23-20(22)19-13-17-9-5-6-10-18(17)14-21(15-19)12-11-16-7-3-2-4-8-16/h2-10,13H,11-12,14-15H2,1H3. The maximum Gasteiger partial charge on any atom is 0.335 e. The first-order chi connectivity index (χ1) is 11.3. The molecule has 0 saturated carbocycles. The van der Waals surface area contributed by atoms with Gasteiger partial charge in [-0.2, -0.15) is 0 Å². The van der Waals surface area contributed by atoms with Crippen LogP contribution in [-0.4, -0.2) is 31.1 Å². The van der Waals surface area contributed by atoms with Gasteiger partial charge in [-0.15, -0.1) is 0 Å². The van der Waals surface area contributed by atoms with Crippen LogP contribution in [-0.2, 0) is 22.5 Å². The molecule has 3 nitrogen and oxygen atoms in total. The van der Waals surface area contributed by atoms with Crippen LogP contribution in [0.2, 0.25) is 0 Å².